The first-order valence-corrected chi connectivity index (χ1v) is 7.43. The molecule has 5 nitrogen and oxygen atoms in total. The Bertz CT molecular complexity index is 793. The Morgan fingerprint density at radius 1 is 0.958 bits per heavy atom. The molecule has 24 heavy (non-hydrogen) atoms. The number of nitrogens with zero attached hydrogens (tertiary/aromatic N) is 1. The summed E-state index contributed by atoms with van der Waals surface area (Å²) in [6, 6.07) is 13.8. The molecule has 0 aromatic heterocycles. The van der Waals surface area contributed by atoms with Crippen LogP contribution < -0.4 is 0 Å². The molecule has 1 aliphatic rings. The van der Waals surface area contributed by atoms with Gasteiger partial charge in [0.1, 0.15) is 6.04 Å². The minimum Gasteiger partial charge on any atom is -0.480 e. The first-order chi connectivity index (χ1) is 11.6. The Hall–Kier alpha value is -3.21. The van der Waals surface area contributed by atoms with E-state index in [1.165, 1.54) is 18.2 Å². The molecule has 0 spiro atoms. The summed E-state index contributed by atoms with van der Waals surface area (Å²) in [6.45, 7) is 3.70. The SMILES string of the molecule is C=C[C@@H](c1ccccc1)[C@@H](C(=O)O)N1C(=O)c2ccccc2C1=O. The highest BCUT2D eigenvalue weighted by Gasteiger charge is 2.45. The van der Waals surface area contributed by atoms with Crippen molar-refractivity contribution in [3.05, 3.63) is 83.9 Å². The highest BCUT2D eigenvalue weighted by Crippen LogP contribution is 2.32. The third-order valence-corrected chi connectivity index (χ3v) is 4.14. The smallest absolute Gasteiger partial charge is 0.327 e. The molecular weight excluding hydrogens is 306 g/mol. The Balaban J connectivity index is 2.07. The van der Waals surface area contributed by atoms with Crippen molar-refractivity contribution in [3.63, 3.8) is 0 Å². The van der Waals surface area contributed by atoms with Gasteiger partial charge in [0.15, 0.2) is 0 Å². The van der Waals surface area contributed by atoms with Crippen LogP contribution in [0.4, 0.5) is 0 Å². The van der Waals surface area contributed by atoms with Crippen LogP contribution in [0.5, 0.6) is 0 Å². The number of carbonyl (C=O) groups excluding carboxylic acids is 2. The minimum atomic E-state index is -1.35. The van der Waals surface area contributed by atoms with Gasteiger partial charge >= 0.3 is 5.97 Å². The minimum absolute atomic E-state index is 0.227. The summed E-state index contributed by atoms with van der Waals surface area (Å²) >= 11 is 0. The van der Waals surface area contributed by atoms with Gasteiger partial charge in [-0.2, -0.15) is 0 Å². The topological polar surface area (TPSA) is 74.7 Å². The van der Waals surface area contributed by atoms with Gasteiger partial charge in [0.2, 0.25) is 0 Å². The molecular formula is C19H15NO4. The van der Waals surface area contributed by atoms with Crippen molar-refractivity contribution in [1.82, 2.24) is 4.90 Å². The summed E-state index contributed by atoms with van der Waals surface area (Å²) in [7, 11) is 0. The molecule has 0 fully saturated rings. The van der Waals surface area contributed by atoms with Crippen molar-refractivity contribution in [2.24, 2.45) is 0 Å². The quantitative estimate of drug-likeness (QED) is 0.679. The molecule has 5 heteroatoms. The van der Waals surface area contributed by atoms with Gasteiger partial charge in [-0.3, -0.25) is 14.5 Å². The summed E-state index contributed by atoms with van der Waals surface area (Å²) in [5.74, 6) is -3.14. The zero-order valence-corrected chi connectivity index (χ0v) is 12.8. The summed E-state index contributed by atoms with van der Waals surface area (Å²) in [4.78, 5) is 38.0. The first kappa shape index (κ1) is 15.7. The zero-order valence-electron chi connectivity index (χ0n) is 12.8. The standard InChI is InChI=1S/C19H15NO4/c1-2-13(12-8-4-3-5-9-12)16(19(23)24)20-17(21)14-10-6-7-11-15(14)18(20)22/h2-11,13,16H,1H2,(H,23,24)/t13-,16-/m0/s1. The average Bonchev–Trinajstić information content (AvgIpc) is 2.85. The van der Waals surface area contributed by atoms with Gasteiger partial charge < -0.3 is 5.11 Å². The van der Waals surface area contributed by atoms with Crippen LogP contribution in [0.1, 0.15) is 32.2 Å². The second-order valence-electron chi connectivity index (χ2n) is 5.48. The van der Waals surface area contributed by atoms with E-state index < -0.39 is 29.7 Å². The summed E-state index contributed by atoms with van der Waals surface area (Å²) in [5, 5.41) is 9.72. The number of carboxylic acid groups (broad SMARTS) is 1. The van der Waals surface area contributed by atoms with Crippen molar-refractivity contribution < 1.29 is 19.5 Å². The number of hydrogen-bond donors (Lipinski definition) is 1. The Morgan fingerprint density at radius 2 is 1.46 bits per heavy atom. The Morgan fingerprint density at radius 3 is 1.92 bits per heavy atom. The monoisotopic (exact) mass is 321 g/mol. The molecule has 1 aliphatic heterocycles. The molecule has 0 radical (unpaired) electrons. The molecule has 0 saturated carbocycles. The number of carbonyl (C=O) groups is 3. The predicted octanol–water partition coefficient (Wildman–Crippen LogP) is 2.71. The number of amides is 2. The molecule has 2 aromatic rings. The summed E-state index contributed by atoms with van der Waals surface area (Å²) < 4.78 is 0. The van der Waals surface area contributed by atoms with E-state index >= 15 is 0 Å². The van der Waals surface area contributed by atoms with E-state index in [0.717, 1.165) is 4.90 Å². The van der Waals surface area contributed by atoms with E-state index in [0.29, 0.717) is 5.56 Å². The lowest BCUT2D eigenvalue weighted by atomic mass is 9.90. The fraction of sp³-hybridized carbons (Fsp3) is 0.105. The van der Waals surface area contributed by atoms with Crippen LogP contribution in [0.25, 0.3) is 0 Å². The fourth-order valence-corrected chi connectivity index (χ4v) is 3.01. The molecule has 0 bridgehead atoms. The van der Waals surface area contributed by atoms with Gasteiger partial charge in [-0.25, -0.2) is 4.79 Å². The number of rotatable bonds is 5. The second-order valence-corrected chi connectivity index (χ2v) is 5.48. The van der Waals surface area contributed by atoms with Crippen molar-refractivity contribution in [2.45, 2.75) is 12.0 Å². The predicted molar refractivity (Wildman–Crippen MR) is 87.7 cm³/mol. The molecule has 1 N–H and O–H groups in total. The summed E-state index contributed by atoms with van der Waals surface area (Å²) in [6.07, 6.45) is 1.46. The lowest BCUT2D eigenvalue weighted by molar-refractivity contribution is -0.142. The third kappa shape index (κ3) is 2.40. The number of hydrogen-bond acceptors (Lipinski definition) is 3. The molecule has 2 atom stereocenters. The second kappa shape index (κ2) is 6.12. The maximum Gasteiger partial charge on any atom is 0.327 e. The van der Waals surface area contributed by atoms with E-state index in [4.69, 9.17) is 0 Å². The molecule has 0 aliphatic carbocycles. The van der Waals surface area contributed by atoms with Gasteiger partial charge in [0.05, 0.1) is 11.1 Å². The largest absolute Gasteiger partial charge is 0.480 e. The highest BCUT2D eigenvalue weighted by molar-refractivity contribution is 6.22. The molecule has 3 rings (SSSR count). The van der Waals surface area contributed by atoms with Crippen LogP contribution in [0.3, 0.4) is 0 Å². The normalized spacial score (nSPS) is 15.8. The van der Waals surface area contributed by atoms with Crippen molar-refractivity contribution >= 4 is 17.8 Å². The van der Waals surface area contributed by atoms with E-state index in [2.05, 4.69) is 6.58 Å². The van der Waals surface area contributed by atoms with Crippen molar-refractivity contribution in [2.75, 3.05) is 0 Å². The zero-order chi connectivity index (χ0) is 17.3. The number of benzene rings is 2. The number of aliphatic carboxylic acids is 1. The third-order valence-electron chi connectivity index (χ3n) is 4.14. The van der Waals surface area contributed by atoms with Crippen LogP contribution in [-0.2, 0) is 4.79 Å². The fourth-order valence-electron chi connectivity index (χ4n) is 3.01. The van der Waals surface area contributed by atoms with Gasteiger partial charge in [-0.1, -0.05) is 48.5 Å². The molecule has 0 saturated heterocycles. The lowest BCUT2D eigenvalue weighted by Crippen LogP contribution is -2.48. The molecule has 1 heterocycles. The summed E-state index contributed by atoms with van der Waals surface area (Å²) in [5.41, 5.74) is 1.13. The van der Waals surface area contributed by atoms with Crippen molar-refractivity contribution in [1.29, 1.82) is 0 Å². The van der Waals surface area contributed by atoms with E-state index in [1.807, 2.05) is 0 Å². The molecule has 120 valence electrons. The van der Waals surface area contributed by atoms with E-state index in [9.17, 15) is 19.5 Å². The van der Waals surface area contributed by atoms with Crippen LogP contribution in [0.2, 0.25) is 0 Å². The van der Waals surface area contributed by atoms with E-state index in [1.54, 1.807) is 42.5 Å². The number of fused-ring (bicyclic) bond motifs is 1. The van der Waals surface area contributed by atoms with Gasteiger partial charge in [-0.05, 0) is 17.7 Å². The number of imide groups is 1. The van der Waals surface area contributed by atoms with Gasteiger partial charge in [0, 0.05) is 5.92 Å². The molecule has 0 unspecified atom stereocenters. The van der Waals surface area contributed by atoms with Crippen LogP contribution >= 0.6 is 0 Å². The first-order valence-electron chi connectivity index (χ1n) is 7.43. The van der Waals surface area contributed by atoms with Crippen LogP contribution in [0.15, 0.2) is 67.3 Å². The molecule has 2 aromatic carbocycles. The molecule has 2 amide bonds. The van der Waals surface area contributed by atoms with Crippen molar-refractivity contribution in [3.8, 4) is 0 Å². The highest BCUT2D eigenvalue weighted by atomic mass is 16.4. The average molecular weight is 321 g/mol. The maximum atomic E-state index is 12.6. The van der Waals surface area contributed by atoms with Gasteiger partial charge in [0.25, 0.3) is 11.8 Å². The Kier molecular flexibility index (Phi) is 4.00. The Labute approximate surface area is 138 Å². The van der Waals surface area contributed by atoms with E-state index in [-0.39, 0.29) is 11.1 Å². The maximum absolute atomic E-state index is 12.6. The van der Waals surface area contributed by atoms with Crippen LogP contribution in [0, 0.1) is 0 Å². The number of carboxylic acids is 1. The lowest BCUT2D eigenvalue weighted by Gasteiger charge is -2.28. The van der Waals surface area contributed by atoms with Gasteiger partial charge in [-0.15, -0.1) is 6.58 Å². The van der Waals surface area contributed by atoms with Crippen LogP contribution in [-0.4, -0.2) is 33.8 Å².